The van der Waals surface area contributed by atoms with Crippen LogP contribution in [0.1, 0.15) is 0 Å². The molecule has 14 heteroatoms. The lowest BCUT2D eigenvalue weighted by molar-refractivity contribution is 0.919. The van der Waals surface area contributed by atoms with Gasteiger partial charge in [0, 0.05) is 75.7 Å². The van der Waals surface area contributed by atoms with Crippen molar-refractivity contribution >= 4 is 75.1 Å². The fourth-order valence-corrected chi connectivity index (χ4v) is 12.1. The maximum absolute atomic E-state index is 5.39. The van der Waals surface area contributed by atoms with Gasteiger partial charge in [0.1, 0.15) is 0 Å². The molecule has 0 spiro atoms. The summed E-state index contributed by atoms with van der Waals surface area (Å²) in [6.07, 6.45) is 1.86. The maximum atomic E-state index is 5.39. The van der Waals surface area contributed by atoms with Crippen molar-refractivity contribution in [3.63, 3.8) is 0 Å². The standard InChI is InChI=1S/C67H39N13S/c1-5-20-40(21-6-1)58-70-59(41-22-7-2-8-23-41)73-62(72-58)64-76-65(63-74-60(42-24-9-3-10-25-42)71-61(75-63)43-26-11-4-12-27-43)78-67(77-64)80-52-33-17-14-29-45(52)49-38-53-48(39-54(49)80)44-28-13-16-32-51(44)79(53)66-68-37-36-50(69-66)46-31-19-35-56-57(46)47-30-15-18-34-55(47)81-56/h1-39H. The van der Waals surface area contributed by atoms with E-state index < -0.39 is 0 Å². The Bertz CT molecular complexity index is 4860. The Morgan fingerprint density at radius 3 is 1.17 bits per heavy atom. The van der Waals surface area contributed by atoms with E-state index in [0.29, 0.717) is 35.2 Å². The predicted octanol–water partition coefficient (Wildman–Crippen LogP) is 15.3. The molecule has 0 aliphatic carbocycles. The highest BCUT2D eigenvalue weighted by Gasteiger charge is 2.25. The van der Waals surface area contributed by atoms with Crippen LogP contribution in [0.25, 0.3) is 156 Å². The lowest BCUT2D eigenvalue weighted by Gasteiger charge is -2.12. The van der Waals surface area contributed by atoms with Gasteiger partial charge in [-0.3, -0.25) is 9.13 Å². The molecule has 0 N–H and O–H groups in total. The van der Waals surface area contributed by atoms with Crippen molar-refractivity contribution in [2.75, 3.05) is 0 Å². The van der Waals surface area contributed by atoms with Gasteiger partial charge < -0.3 is 0 Å². The molecule has 0 unspecified atom stereocenters. The van der Waals surface area contributed by atoms with Crippen molar-refractivity contribution in [1.29, 1.82) is 0 Å². The minimum absolute atomic E-state index is 0.196. The van der Waals surface area contributed by atoms with E-state index in [1.807, 2.05) is 140 Å². The first kappa shape index (κ1) is 46.0. The van der Waals surface area contributed by atoms with Crippen molar-refractivity contribution in [3.8, 4) is 92.0 Å². The van der Waals surface area contributed by atoms with Gasteiger partial charge in [0.2, 0.25) is 35.2 Å². The van der Waals surface area contributed by atoms with Crippen LogP contribution in [0.3, 0.4) is 0 Å². The second kappa shape index (κ2) is 18.8. The average Bonchev–Trinajstić information content (AvgIpc) is 3.94. The summed E-state index contributed by atoms with van der Waals surface area (Å²) in [5.74, 6) is 3.59. The Hall–Kier alpha value is -11.1. The molecule has 0 aliphatic rings. The summed E-state index contributed by atoms with van der Waals surface area (Å²) in [6, 6.07) is 77.6. The van der Waals surface area contributed by atoms with E-state index >= 15 is 0 Å². The second-order valence-electron chi connectivity index (χ2n) is 19.5. The highest BCUT2D eigenvalue weighted by Crippen LogP contribution is 2.42. The number of nitrogens with zero attached hydrogens (tertiary/aromatic N) is 13. The van der Waals surface area contributed by atoms with Crippen LogP contribution in [0.15, 0.2) is 237 Å². The Labute approximate surface area is 465 Å². The third kappa shape index (κ3) is 7.88. The molecule has 0 bridgehead atoms. The van der Waals surface area contributed by atoms with Gasteiger partial charge >= 0.3 is 0 Å². The largest absolute Gasteiger partial charge is 0.278 e. The van der Waals surface area contributed by atoms with Gasteiger partial charge in [-0.2, -0.15) is 9.97 Å². The Morgan fingerprint density at radius 2 is 0.667 bits per heavy atom. The van der Waals surface area contributed by atoms with Crippen LogP contribution in [-0.4, -0.2) is 64.0 Å². The number of thiophene rings is 1. The van der Waals surface area contributed by atoms with Gasteiger partial charge in [0.25, 0.3) is 0 Å². The number of benzene rings is 9. The summed E-state index contributed by atoms with van der Waals surface area (Å²) in [5, 5.41) is 6.37. The topological polar surface area (TPSA) is 152 Å². The van der Waals surface area contributed by atoms with Crippen LogP contribution in [0.2, 0.25) is 0 Å². The lowest BCUT2D eigenvalue weighted by Crippen LogP contribution is -2.10. The highest BCUT2D eigenvalue weighted by molar-refractivity contribution is 7.25. The molecule has 0 amide bonds. The minimum Gasteiger partial charge on any atom is -0.278 e. The van der Waals surface area contributed by atoms with E-state index in [1.54, 1.807) is 11.3 Å². The summed E-state index contributed by atoms with van der Waals surface area (Å²) in [6.45, 7) is 0. The first-order valence-corrected chi connectivity index (χ1v) is 27.2. The van der Waals surface area contributed by atoms with E-state index in [9.17, 15) is 0 Å². The third-order valence-electron chi connectivity index (χ3n) is 14.6. The molecule has 16 aromatic rings. The zero-order chi connectivity index (χ0) is 53.4. The summed E-state index contributed by atoms with van der Waals surface area (Å²) in [4.78, 5) is 56.8. The van der Waals surface area contributed by atoms with Gasteiger partial charge in [0.15, 0.2) is 23.3 Å². The number of fused-ring (bicyclic) bond motifs is 9. The predicted molar refractivity (Wildman–Crippen MR) is 322 cm³/mol. The van der Waals surface area contributed by atoms with E-state index in [4.69, 9.17) is 54.8 Å². The Balaban J connectivity index is 0.949. The first-order valence-electron chi connectivity index (χ1n) is 26.3. The zero-order valence-corrected chi connectivity index (χ0v) is 43.6. The molecule has 0 saturated carbocycles. The molecule has 0 saturated heterocycles. The molecule has 0 atom stereocenters. The van der Waals surface area contributed by atoms with Gasteiger partial charge in [-0.25, -0.2) is 44.9 Å². The number of hydrogen-bond acceptors (Lipinski definition) is 12. The zero-order valence-electron chi connectivity index (χ0n) is 42.7. The van der Waals surface area contributed by atoms with Gasteiger partial charge in [0.05, 0.1) is 27.8 Å². The monoisotopic (exact) mass is 1060 g/mol. The van der Waals surface area contributed by atoms with Gasteiger partial charge in [-0.05, 0) is 42.5 Å². The molecule has 16 rings (SSSR count). The smallest absolute Gasteiger partial charge is 0.239 e. The van der Waals surface area contributed by atoms with Crippen LogP contribution < -0.4 is 0 Å². The summed E-state index contributed by atoms with van der Waals surface area (Å²) >= 11 is 1.80. The molecule has 7 heterocycles. The normalized spacial score (nSPS) is 11.7. The van der Waals surface area contributed by atoms with Gasteiger partial charge in [-0.15, -0.1) is 11.3 Å². The van der Waals surface area contributed by atoms with Crippen molar-refractivity contribution in [2.45, 2.75) is 0 Å². The minimum atomic E-state index is 0.196. The van der Waals surface area contributed by atoms with Crippen LogP contribution >= 0.6 is 11.3 Å². The molecule has 13 nitrogen and oxygen atoms in total. The Morgan fingerprint density at radius 1 is 0.272 bits per heavy atom. The third-order valence-corrected chi connectivity index (χ3v) is 15.7. The van der Waals surface area contributed by atoms with E-state index in [1.165, 1.54) is 20.2 Å². The summed E-state index contributed by atoms with van der Waals surface area (Å²) in [7, 11) is 0. The first-order chi connectivity index (χ1) is 40.1. The average molecular weight is 1060 g/mol. The quantitative estimate of drug-likeness (QED) is 0.136. The van der Waals surface area contributed by atoms with Crippen molar-refractivity contribution < 1.29 is 0 Å². The number of hydrogen-bond donors (Lipinski definition) is 0. The van der Waals surface area contributed by atoms with Crippen molar-refractivity contribution in [3.05, 3.63) is 237 Å². The van der Waals surface area contributed by atoms with Gasteiger partial charge in [-0.1, -0.05) is 188 Å². The molecule has 0 fully saturated rings. The molecule has 0 aliphatic heterocycles. The van der Waals surface area contributed by atoms with E-state index in [-0.39, 0.29) is 23.3 Å². The highest BCUT2D eigenvalue weighted by atomic mass is 32.1. The van der Waals surface area contributed by atoms with Crippen LogP contribution in [0, 0.1) is 0 Å². The molecular weight excluding hydrogens is 1020 g/mol. The summed E-state index contributed by atoms with van der Waals surface area (Å²) in [5.41, 5.74) is 8.76. The molecule has 0 radical (unpaired) electrons. The van der Waals surface area contributed by atoms with Crippen molar-refractivity contribution in [1.82, 2.24) is 64.0 Å². The fraction of sp³-hybridized carbons (Fsp3) is 0. The molecule has 81 heavy (non-hydrogen) atoms. The number of aromatic nitrogens is 13. The van der Waals surface area contributed by atoms with E-state index in [0.717, 1.165) is 77.1 Å². The molecule has 378 valence electrons. The van der Waals surface area contributed by atoms with Crippen LogP contribution in [0.4, 0.5) is 0 Å². The number of para-hydroxylation sites is 2. The van der Waals surface area contributed by atoms with Crippen LogP contribution in [-0.2, 0) is 0 Å². The SMILES string of the molecule is c1ccc(-c2nc(-c3ccccc3)nc(-c3nc(-c4nc(-c5ccccc5)nc(-c5ccccc5)n4)nc(-n4c5ccccc5c5cc6c(cc54)c4ccccc4n6-c4nccc(-c5cccc6sc7ccccc7c56)n4)n3)n2)cc1. The lowest BCUT2D eigenvalue weighted by atomic mass is 10.0. The molecule has 9 aromatic carbocycles. The van der Waals surface area contributed by atoms with Crippen molar-refractivity contribution in [2.24, 2.45) is 0 Å². The second-order valence-corrected chi connectivity index (χ2v) is 20.6. The van der Waals surface area contributed by atoms with E-state index in [2.05, 4.69) is 106 Å². The number of rotatable bonds is 9. The molecular formula is C67H39N13S. The van der Waals surface area contributed by atoms with Crippen LogP contribution in [0.5, 0.6) is 0 Å². The summed E-state index contributed by atoms with van der Waals surface area (Å²) < 4.78 is 6.72. The maximum Gasteiger partial charge on any atom is 0.239 e. The fourth-order valence-electron chi connectivity index (χ4n) is 10.9. The molecule has 7 aromatic heterocycles. The Kier molecular flexibility index (Phi) is 10.7.